The van der Waals surface area contributed by atoms with Gasteiger partial charge in [-0.2, -0.15) is 0 Å². The molecule has 1 fully saturated rings. The Balaban J connectivity index is 0.000000509. The zero-order valence-corrected chi connectivity index (χ0v) is 20.7. The van der Waals surface area contributed by atoms with E-state index in [0.29, 0.717) is 31.7 Å². The number of carbonyl (C=O) groups excluding carboxylic acids is 3. The number of nitrogens with one attached hydrogen (secondary N) is 1. The first-order valence-corrected chi connectivity index (χ1v) is 10.8. The Hall–Kier alpha value is -3.30. The molecule has 34 heavy (non-hydrogen) atoms. The number of aldehydes is 1. The molecule has 1 aliphatic heterocycles. The fourth-order valence-corrected chi connectivity index (χ4v) is 2.46. The molecule has 0 spiro atoms. The molecule has 1 saturated heterocycles. The van der Waals surface area contributed by atoms with Crippen LogP contribution < -0.4 is 14.8 Å². The number of nitrogens with zero attached hydrogens (tertiary/aromatic N) is 1. The minimum Gasteiger partial charge on any atom is -0.493 e. The van der Waals surface area contributed by atoms with Crippen molar-refractivity contribution in [2.75, 3.05) is 27.4 Å². The van der Waals surface area contributed by atoms with Crippen molar-refractivity contribution >= 4 is 18.2 Å². The Kier molecular flexibility index (Phi) is 16.4. The minimum absolute atomic E-state index is 0.0403. The van der Waals surface area contributed by atoms with Crippen molar-refractivity contribution in [3.05, 3.63) is 54.9 Å². The molecule has 2 rings (SSSR count). The second-order valence-electron chi connectivity index (χ2n) is 7.07. The molecule has 1 N–H and O–H groups in total. The largest absolute Gasteiger partial charge is 0.493 e. The SMILES string of the molecule is C=C/C=C(/C)C=C.CN[C@H]1CCOCCC(C)OC1=O.COc1ccnc(C=O)c1OC(C)=O. The normalized spacial score (nSPS) is 18.0. The lowest BCUT2D eigenvalue weighted by atomic mass is 10.2. The number of aromatic nitrogens is 1. The Bertz CT molecular complexity index is 837. The summed E-state index contributed by atoms with van der Waals surface area (Å²) in [6.07, 6.45) is 8.77. The van der Waals surface area contributed by atoms with E-state index in [0.717, 1.165) is 12.0 Å². The summed E-state index contributed by atoms with van der Waals surface area (Å²) in [5.41, 5.74) is 1.19. The van der Waals surface area contributed by atoms with E-state index in [2.05, 4.69) is 23.5 Å². The fraction of sp³-hybridized carbons (Fsp3) is 0.440. The van der Waals surface area contributed by atoms with Gasteiger partial charge in [0.1, 0.15) is 17.8 Å². The van der Waals surface area contributed by atoms with E-state index in [-0.39, 0.29) is 29.6 Å². The van der Waals surface area contributed by atoms with Gasteiger partial charge in [0.2, 0.25) is 5.75 Å². The van der Waals surface area contributed by atoms with Crippen LogP contribution in [0.1, 0.15) is 44.1 Å². The van der Waals surface area contributed by atoms with Gasteiger partial charge < -0.3 is 24.3 Å². The first kappa shape index (κ1) is 30.7. The van der Waals surface area contributed by atoms with Crippen molar-refractivity contribution in [3.8, 4) is 11.5 Å². The van der Waals surface area contributed by atoms with Gasteiger partial charge in [0.05, 0.1) is 13.7 Å². The number of rotatable bonds is 6. The molecule has 9 nitrogen and oxygen atoms in total. The molecule has 188 valence electrons. The van der Waals surface area contributed by atoms with Gasteiger partial charge in [-0.15, -0.1) is 0 Å². The summed E-state index contributed by atoms with van der Waals surface area (Å²) in [5, 5.41) is 2.92. The maximum absolute atomic E-state index is 11.4. The number of esters is 2. The molecule has 9 heteroatoms. The van der Waals surface area contributed by atoms with Crippen molar-refractivity contribution in [1.82, 2.24) is 10.3 Å². The highest BCUT2D eigenvalue weighted by molar-refractivity contribution is 5.81. The average Bonchev–Trinajstić information content (AvgIpc) is 2.89. The van der Waals surface area contributed by atoms with E-state index in [1.807, 2.05) is 19.9 Å². The zero-order chi connectivity index (χ0) is 25.9. The van der Waals surface area contributed by atoms with Crippen molar-refractivity contribution in [1.29, 1.82) is 0 Å². The lowest BCUT2D eigenvalue weighted by molar-refractivity contribution is -0.150. The summed E-state index contributed by atoms with van der Waals surface area (Å²) >= 11 is 0. The summed E-state index contributed by atoms with van der Waals surface area (Å²) in [6, 6.07) is 1.28. The number of carbonyl (C=O) groups is 3. The van der Waals surface area contributed by atoms with Crippen LogP contribution in [0.25, 0.3) is 0 Å². The van der Waals surface area contributed by atoms with Gasteiger partial charge in [-0.3, -0.25) is 14.4 Å². The summed E-state index contributed by atoms with van der Waals surface area (Å²) in [5.74, 6) is -0.338. The molecule has 0 amide bonds. The smallest absolute Gasteiger partial charge is 0.323 e. The molecule has 0 aromatic carbocycles. The second-order valence-corrected chi connectivity index (χ2v) is 7.07. The molecular formula is C25H36N2O7. The number of ether oxygens (including phenoxy) is 4. The van der Waals surface area contributed by atoms with Gasteiger partial charge in [-0.25, -0.2) is 4.98 Å². The molecule has 0 aliphatic carbocycles. The third kappa shape index (κ3) is 12.7. The standard InChI is InChI=1S/C9H9NO4.C9H17NO3.C7H10/c1-6(12)14-9-7(5-11)10-4-3-8(9)13-2;1-7-3-5-12-6-4-8(10-2)9(11)13-7;1-4-6-7(3)5-2/h3-5H,1-2H3;7-8,10H,3-6H2,1-2H3;4-6H,1-2H2,3H3/b;;7-6-/t;7?,8-;/m.0./s1. The van der Waals surface area contributed by atoms with E-state index < -0.39 is 5.97 Å². The van der Waals surface area contributed by atoms with Crippen LogP contribution >= 0.6 is 0 Å². The first-order valence-electron chi connectivity index (χ1n) is 10.8. The van der Waals surface area contributed by atoms with Crippen LogP contribution in [0, 0.1) is 0 Å². The van der Waals surface area contributed by atoms with Crippen molar-refractivity contribution in [2.24, 2.45) is 0 Å². The van der Waals surface area contributed by atoms with Crippen LogP contribution in [0.15, 0.2) is 49.2 Å². The highest BCUT2D eigenvalue weighted by Crippen LogP contribution is 2.28. The number of allylic oxidation sites excluding steroid dienone is 4. The van der Waals surface area contributed by atoms with E-state index in [9.17, 15) is 14.4 Å². The Labute approximate surface area is 201 Å². The molecule has 0 radical (unpaired) electrons. The van der Waals surface area contributed by atoms with Crippen LogP contribution in [0.3, 0.4) is 0 Å². The van der Waals surface area contributed by atoms with Crippen LogP contribution in [-0.4, -0.2) is 62.7 Å². The van der Waals surface area contributed by atoms with Crippen LogP contribution in [0.2, 0.25) is 0 Å². The van der Waals surface area contributed by atoms with Crippen LogP contribution in [0.4, 0.5) is 0 Å². The molecule has 1 unspecified atom stereocenters. The van der Waals surface area contributed by atoms with Gasteiger partial charge in [-0.05, 0) is 27.3 Å². The maximum atomic E-state index is 11.4. The predicted molar refractivity (Wildman–Crippen MR) is 130 cm³/mol. The number of hydrogen-bond donors (Lipinski definition) is 1. The van der Waals surface area contributed by atoms with Gasteiger partial charge in [0.15, 0.2) is 12.0 Å². The quantitative estimate of drug-likeness (QED) is 0.375. The molecule has 1 aromatic heterocycles. The van der Waals surface area contributed by atoms with Crippen molar-refractivity contribution in [2.45, 2.75) is 45.8 Å². The van der Waals surface area contributed by atoms with Gasteiger partial charge in [0.25, 0.3) is 0 Å². The molecule has 1 aromatic rings. The highest BCUT2D eigenvalue weighted by atomic mass is 16.6. The molecule has 2 atom stereocenters. The molecule has 1 aliphatic rings. The monoisotopic (exact) mass is 476 g/mol. The van der Waals surface area contributed by atoms with Gasteiger partial charge >= 0.3 is 11.9 Å². The second kappa shape index (κ2) is 18.2. The van der Waals surface area contributed by atoms with E-state index in [4.69, 9.17) is 18.9 Å². The molecule has 2 heterocycles. The zero-order valence-electron chi connectivity index (χ0n) is 20.7. The predicted octanol–water partition coefficient (Wildman–Crippen LogP) is 3.45. The summed E-state index contributed by atoms with van der Waals surface area (Å²) in [7, 11) is 3.17. The van der Waals surface area contributed by atoms with Gasteiger partial charge in [-0.1, -0.05) is 37.0 Å². The lowest BCUT2D eigenvalue weighted by Crippen LogP contribution is -2.37. The van der Waals surface area contributed by atoms with E-state index in [1.54, 1.807) is 19.2 Å². The first-order chi connectivity index (χ1) is 16.2. The minimum atomic E-state index is -0.528. The molecule has 0 bridgehead atoms. The summed E-state index contributed by atoms with van der Waals surface area (Å²) in [4.78, 5) is 36.5. The topological polar surface area (TPSA) is 113 Å². The third-order valence-corrected chi connectivity index (χ3v) is 4.35. The number of likely N-dealkylation sites (N-methyl/N-ethyl adjacent to an activating group) is 1. The van der Waals surface area contributed by atoms with Crippen molar-refractivity contribution < 1.29 is 33.3 Å². The number of pyridine rings is 1. The van der Waals surface area contributed by atoms with E-state index in [1.165, 1.54) is 26.3 Å². The fourth-order valence-electron chi connectivity index (χ4n) is 2.46. The van der Waals surface area contributed by atoms with Crippen LogP contribution in [-0.2, 0) is 19.1 Å². The Morgan fingerprint density at radius 3 is 2.44 bits per heavy atom. The van der Waals surface area contributed by atoms with Crippen LogP contribution in [0.5, 0.6) is 11.5 Å². The Morgan fingerprint density at radius 1 is 1.26 bits per heavy atom. The van der Waals surface area contributed by atoms with Gasteiger partial charge in [0, 0.05) is 32.2 Å². The third-order valence-electron chi connectivity index (χ3n) is 4.35. The van der Waals surface area contributed by atoms with E-state index >= 15 is 0 Å². The molecular weight excluding hydrogens is 440 g/mol. The number of hydrogen-bond acceptors (Lipinski definition) is 9. The molecule has 0 saturated carbocycles. The average molecular weight is 477 g/mol. The maximum Gasteiger partial charge on any atom is 0.323 e. The number of cyclic esters (lactones) is 1. The lowest BCUT2D eigenvalue weighted by Gasteiger charge is -2.15. The highest BCUT2D eigenvalue weighted by Gasteiger charge is 2.21. The summed E-state index contributed by atoms with van der Waals surface area (Å²) < 4.78 is 20.2. The Morgan fingerprint density at radius 2 is 1.94 bits per heavy atom. The van der Waals surface area contributed by atoms with Crippen molar-refractivity contribution in [3.63, 3.8) is 0 Å². The number of methoxy groups -OCH3 is 1. The summed E-state index contributed by atoms with van der Waals surface area (Å²) in [6.45, 7) is 13.5.